The minimum absolute atomic E-state index is 0.0487. The van der Waals surface area contributed by atoms with Gasteiger partial charge in [-0.05, 0) is 60.6 Å². The lowest BCUT2D eigenvalue weighted by Gasteiger charge is -2.31. The monoisotopic (exact) mass is 437 g/mol. The summed E-state index contributed by atoms with van der Waals surface area (Å²) in [6.07, 6.45) is 1.65. The molecule has 0 radical (unpaired) electrons. The van der Waals surface area contributed by atoms with Crippen molar-refractivity contribution in [3.05, 3.63) is 70.8 Å². The van der Waals surface area contributed by atoms with Crippen LogP contribution in [0.5, 0.6) is 0 Å². The summed E-state index contributed by atoms with van der Waals surface area (Å²) in [5, 5.41) is 25.9. The number of piperidine rings is 1. The number of likely N-dealkylation sites (tertiary alicyclic amines) is 1. The molecule has 2 atom stereocenters. The summed E-state index contributed by atoms with van der Waals surface area (Å²) in [5.41, 5.74) is 3.47. The summed E-state index contributed by atoms with van der Waals surface area (Å²) in [5.74, 6) is -0.0468. The second-order valence-electron chi connectivity index (χ2n) is 8.73. The summed E-state index contributed by atoms with van der Waals surface area (Å²) >= 11 is 0. The predicted octanol–water partition coefficient (Wildman–Crippen LogP) is 1.34. The Morgan fingerprint density at radius 2 is 1.69 bits per heavy atom. The molecule has 2 aromatic carbocycles. The lowest BCUT2D eigenvalue weighted by atomic mass is 9.93. The summed E-state index contributed by atoms with van der Waals surface area (Å²) in [6, 6.07) is 14.7. The van der Waals surface area contributed by atoms with E-state index >= 15 is 0 Å². The van der Waals surface area contributed by atoms with Gasteiger partial charge in [0.15, 0.2) is 0 Å². The third-order valence-electron chi connectivity index (χ3n) is 6.60. The fraction of sp³-hybridized carbons (Fsp3) is 0.440. The zero-order valence-electron chi connectivity index (χ0n) is 18.2. The number of hydrogen-bond acceptors (Lipinski definition) is 5. The van der Waals surface area contributed by atoms with Gasteiger partial charge < -0.3 is 25.7 Å². The quantitative estimate of drug-likeness (QED) is 0.546. The highest BCUT2D eigenvalue weighted by Crippen LogP contribution is 2.19. The lowest BCUT2D eigenvalue weighted by molar-refractivity contribution is 0.0650. The van der Waals surface area contributed by atoms with E-state index in [1.54, 1.807) is 29.2 Å². The second kappa shape index (κ2) is 10.3. The molecular weight excluding hydrogens is 406 g/mol. The van der Waals surface area contributed by atoms with E-state index in [0.29, 0.717) is 30.8 Å². The molecule has 0 aromatic heterocycles. The molecule has 170 valence electrons. The number of aliphatic hydroxyl groups excluding tert-OH is 2. The number of fused-ring (bicyclic) bond motifs is 1. The molecule has 2 amide bonds. The van der Waals surface area contributed by atoms with Crippen LogP contribution in [0.15, 0.2) is 48.5 Å². The maximum absolute atomic E-state index is 12.7. The fourth-order valence-electron chi connectivity index (χ4n) is 4.46. The van der Waals surface area contributed by atoms with Crippen LogP contribution in [0, 0.1) is 5.92 Å². The molecule has 0 bridgehead atoms. The molecule has 1 fully saturated rings. The molecule has 0 saturated carbocycles. The molecule has 7 nitrogen and oxygen atoms in total. The van der Waals surface area contributed by atoms with Crippen molar-refractivity contribution < 1.29 is 19.8 Å². The van der Waals surface area contributed by atoms with E-state index in [4.69, 9.17) is 0 Å². The largest absolute Gasteiger partial charge is 0.396 e. The first-order valence-electron chi connectivity index (χ1n) is 11.3. The first kappa shape index (κ1) is 22.5. The van der Waals surface area contributed by atoms with Crippen LogP contribution in [-0.4, -0.2) is 65.3 Å². The van der Waals surface area contributed by atoms with Crippen LogP contribution in [-0.2, 0) is 13.0 Å². The van der Waals surface area contributed by atoms with Crippen LogP contribution in [0.4, 0.5) is 0 Å². The Bertz CT molecular complexity index is 938. The minimum Gasteiger partial charge on any atom is -0.396 e. The van der Waals surface area contributed by atoms with Gasteiger partial charge in [-0.1, -0.05) is 24.3 Å². The van der Waals surface area contributed by atoms with Crippen LogP contribution in [0.25, 0.3) is 0 Å². The zero-order valence-corrected chi connectivity index (χ0v) is 18.2. The number of aliphatic hydroxyl groups is 2. The third kappa shape index (κ3) is 5.18. The van der Waals surface area contributed by atoms with Gasteiger partial charge in [0, 0.05) is 50.0 Å². The molecule has 2 aliphatic heterocycles. The topological polar surface area (TPSA) is 102 Å². The number of hydrogen-bond donors (Lipinski definition) is 4. The van der Waals surface area contributed by atoms with E-state index < -0.39 is 6.10 Å². The molecular formula is C25H31N3O4. The van der Waals surface area contributed by atoms with Crippen molar-refractivity contribution in [1.29, 1.82) is 0 Å². The average Bonchev–Trinajstić information content (AvgIpc) is 2.86. The van der Waals surface area contributed by atoms with Crippen LogP contribution < -0.4 is 10.6 Å². The highest BCUT2D eigenvalue weighted by atomic mass is 16.3. The van der Waals surface area contributed by atoms with E-state index in [1.807, 2.05) is 12.1 Å². The first-order valence-corrected chi connectivity index (χ1v) is 11.3. The first-order chi connectivity index (χ1) is 15.5. The smallest absolute Gasteiger partial charge is 0.253 e. The van der Waals surface area contributed by atoms with Gasteiger partial charge in [0.25, 0.3) is 11.8 Å². The Hall–Kier alpha value is -2.74. The van der Waals surface area contributed by atoms with Crippen molar-refractivity contribution in [2.24, 2.45) is 5.92 Å². The molecule has 2 aliphatic rings. The maximum atomic E-state index is 12.7. The Morgan fingerprint density at radius 3 is 2.38 bits per heavy atom. The molecule has 0 spiro atoms. The molecule has 1 saturated heterocycles. The molecule has 4 N–H and O–H groups in total. The zero-order chi connectivity index (χ0) is 22.5. The molecule has 4 rings (SSSR count). The van der Waals surface area contributed by atoms with Crippen molar-refractivity contribution in [2.45, 2.75) is 38.0 Å². The summed E-state index contributed by atoms with van der Waals surface area (Å²) in [7, 11) is 0. The van der Waals surface area contributed by atoms with Crippen molar-refractivity contribution in [3.63, 3.8) is 0 Å². The number of nitrogens with one attached hydrogen (secondary N) is 2. The minimum atomic E-state index is -0.699. The number of rotatable bonds is 6. The van der Waals surface area contributed by atoms with E-state index in [0.717, 1.165) is 19.3 Å². The van der Waals surface area contributed by atoms with E-state index in [-0.39, 0.29) is 36.9 Å². The van der Waals surface area contributed by atoms with E-state index in [2.05, 4.69) is 22.8 Å². The van der Waals surface area contributed by atoms with Gasteiger partial charge in [0.2, 0.25) is 0 Å². The number of carbonyl (C=O) groups is 2. The second-order valence-corrected chi connectivity index (χ2v) is 8.73. The van der Waals surface area contributed by atoms with Crippen LogP contribution in [0.3, 0.4) is 0 Å². The highest BCUT2D eigenvalue weighted by Gasteiger charge is 2.25. The molecule has 0 unspecified atom stereocenters. The number of nitrogens with zero attached hydrogens (tertiary/aromatic N) is 1. The third-order valence-corrected chi connectivity index (χ3v) is 6.60. The Kier molecular flexibility index (Phi) is 7.19. The van der Waals surface area contributed by atoms with Crippen molar-refractivity contribution in [2.75, 3.05) is 26.2 Å². The Balaban J connectivity index is 1.27. The van der Waals surface area contributed by atoms with E-state index in [9.17, 15) is 19.8 Å². The standard InChI is InChI=1S/C25H31N3O4/c29-16-17-9-11-28(12-10-17)25(32)19-7-5-18(6-8-19)24(31)27-15-23(30)22-13-20-3-1-2-4-21(20)14-26-22/h1-8,17,22-23,26,29-30H,9-16H2,(H,27,31)/t22-,23+/m0/s1. The van der Waals surface area contributed by atoms with Crippen molar-refractivity contribution in [1.82, 2.24) is 15.5 Å². The molecule has 32 heavy (non-hydrogen) atoms. The number of carbonyl (C=O) groups excluding carboxylic acids is 2. The molecule has 7 heteroatoms. The highest BCUT2D eigenvalue weighted by molar-refractivity contribution is 5.97. The van der Waals surface area contributed by atoms with Crippen LogP contribution >= 0.6 is 0 Å². The average molecular weight is 438 g/mol. The van der Waals surface area contributed by atoms with Crippen molar-refractivity contribution in [3.8, 4) is 0 Å². The lowest BCUT2D eigenvalue weighted by Crippen LogP contribution is -2.49. The van der Waals surface area contributed by atoms with Gasteiger partial charge >= 0.3 is 0 Å². The van der Waals surface area contributed by atoms with E-state index in [1.165, 1.54) is 11.1 Å². The van der Waals surface area contributed by atoms with Gasteiger partial charge in [0.05, 0.1) is 6.10 Å². The predicted molar refractivity (Wildman–Crippen MR) is 121 cm³/mol. The number of amides is 2. The van der Waals surface area contributed by atoms with Gasteiger partial charge in [-0.3, -0.25) is 9.59 Å². The Morgan fingerprint density at radius 1 is 1.03 bits per heavy atom. The summed E-state index contributed by atoms with van der Waals surface area (Å²) in [6.45, 7) is 2.32. The van der Waals surface area contributed by atoms with Gasteiger partial charge in [0.1, 0.15) is 0 Å². The Labute approximate surface area is 188 Å². The number of benzene rings is 2. The molecule has 0 aliphatic carbocycles. The fourth-order valence-corrected chi connectivity index (χ4v) is 4.46. The van der Waals surface area contributed by atoms with Crippen LogP contribution in [0.2, 0.25) is 0 Å². The normalized spacial score (nSPS) is 19.8. The van der Waals surface area contributed by atoms with Crippen LogP contribution in [0.1, 0.15) is 44.7 Å². The maximum Gasteiger partial charge on any atom is 0.253 e. The summed E-state index contributed by atoms with van der Waals surface area (Å²) in [4.78, 5) is 27.0. The SMILES string of the molecule is O=C(NC[C@@H](O)[C@@H]1Cc2ccccc2CN1)c1ccc(C(=O)N2CCC(CO)CC2)cc1. The molecule has 2 heterocycles. The van der Waals surface area contributed by atoms with Gasteiger partial charge in [-0.25, -0.2) is 0 Å². The van der Waals surface area contributed by atoms with Gasteiger partial charge in [-0.2, -0.15) is 0 Å². The molecule has 2 aromatic rings. The van der Waals surface area contributed by atoms with Gasteiger partial charge in [-0.15, -0.1) is 0 Å². The van der Waals surface area contributed by atoms with Crippen molar-refractivity contribution >= 4 is 11.8 Å². The summed E-state index contributed by atoms with van der Waals surface area (Å²) < 4.78 is 0.